The van der Waals surface area contributed by atoms with Gasteiger partial charge in [-0.2, -0.15) is 0 Å². The Labute approximate surface area is 61.1 Å². The second-order valence-electron chi connectivity index (χ2n) is 3.03. The third kappa shape index (κ3) is 4.81. The molecule has 0 radical (unpaired) electrons. The highest BCUT2D eigenvalue weighted by Gasteiger charge is 2.33. The van der Waals surface area contributed by atoms with E-state index in [1.165, 1.54) is 0 Å². The largest absolute Gasteiger partial charge is 0.485 e. The molecule has 3 N–H and O–H groups in total. The van der Waals surface area contributed by atoms with Gasteiger partial charge < -0.3 is 19.7 Å². The van der Waals surface area contributed by atoms with Gasteiger partial charge >= 0.3 is 14.0 Å². The highest BCUT2D eigenvalue weighted by atomic mass is 16.6. The van der Waals surface area contributed by atoms with E-state index in [1.807, 2.05) is 0 Å². The van der Waals surface area contributed by atoms with Gasteiger partial charge in [-0.1, -0.05) is 0 Å². The molecule has 0 saturated carbocycles. The van der Waals surface area contributed by atoms with E-state index in [2.05, 4.69) is 0 Å². The van der Waals surface area contributed by atoms with Gasteiger partial charge in [-0.25, -0.2) is 0 Å². The molecule has 0 aromatic rings. The average Bonchev–Trinajstić information content (AvgIpc) is 1.60. The van der Waals surface area contributed by atoms with Gasteiger partial charge in [0.15, 0.2) is 0 Å². The molecule has 6 heteroatoms. The van der Waals surface area contributed by atoms with E-state index < -0.39 is 19.6 Å². The van der Waals surface area contributed by atoms with Crippen LogP contribution in [0.2, 0.25) is 0 Å². The van der Waals surface area contributed by atoms with Crippen molar-refractivity contribution in [2.45, 2.75) is 26.4 Å². The Hall–Kier alpha value is -0.0301. The highest BCUT2D eigenvalue weighted by Crippen LogP contribution is 2.07. The molecule has 4 nitrogen and oxygen atoms in total. The van der Waals surface area contributed by atoms with E-state index in [4.69, 9.17) is 19.7 Å². The van der Waals surface area contributed by atoms with Gasteiger partial charge in [0.25, 0.3) is 0 Å². The maximum Gasteiger partial charge on any atom is 0.485 e. The van der Waals surface area contributed by atoms with Crippen molar-refractivity contribution in [3.63, 3.8) is 0 Å². The van der Waals surface area contributed by atoms with Crippen LogP contribution in [0.25, 0.3) is 0 Å². The maximum atomic E-state index is 8.74. The molecule has 0 fully saturated rings. The van der Waals surface area contributed by atoms with Crippen molar-refractivity contribution in [3.05, 3.63) is 0 Å². The zero-order valence-electron chi connectivity index (χ0n) is 6.40. The van der Waals surface area contributed by atoms with Crippen LogP contribution in [0.15, 0.2) is 0 Å². The number of hydrogen-bond acceptors (Lipinski definition) is 4. The molecule has 10 heavy (non-hydrogen) atoms. The van der Waals surface area contributed by atoms with Gasteiger partial charge in [-0.15, -0.1) is 0 Å². The first kappa shape index (κ1) is 9.97. The zero-order chi connectivity index (χ0) is 8.36. The Bertz CT molecular complexity index is 99.9. The molecule has 0 atom stereocenters. The summed E-state index contributed by atoms with van der Waals surface area (Å²) in [5.41, 5.74) is -0.566. The third-order valence-electron chi connectivity index (χ3n) is 0.729. The average molecular weight is 146 g/mol. The monoisotopic (exact) mass is 146 g/mol. The molecule has 0 amide bonds. The number of rotatable bonds is 2. The Morgan fingerprint density at radius 3 is 1.60 bits per heavy atom. The first-order valence-corrected chi connectivity index (χ1v) is 3.05. The predicted octanol–water partition coefficient (Wildman–Crippen LogP) is -1.17. The van der Waals surface area contributed by atoms with Crippen molar-refractivity contribution in [1.29, 1.82) is 0 Å². The fraction of sp³-hybridized carbons (Fsp3) is 1.00. The van der Waals surface area contributed by atoms with Gasteiger partial charge in [-0.3, -0.25) is 0 Å². The second kappa shape index (κ2) is 3.39. The van der Waals surface area contributed by atoms with Crippen molar-refractivity contribution in [2.75, 3.05) is 0 Å². The van der Waals surface area contributed by atoms with Crippen molar-refractivity contribution >= 4 is 14.0 Å². The van der Waals surface area contributed by atoms with Gasteiger partial charge in [0.1, 0.15) is 0 Å². The van der Waals surface area contributed by atoms with Gasteiger partial charge in [-0.05, 0) is 20.8 Å². The van der Waals surface area contributed by atoms with E-state index in [-0.39, 0.29) is 0 Å². The van der Waals surface area contributed by atoms with Crippen LogP contribution in [0.5, 0.6) is 0 Å². The van der Waals surface area contributed by atoms with Crippen LogP contribution in [0.1, 0.15) is 20.8 Å². The Balaban J connectivity index is 3.68. The molecular formula is C4H12B2O4. The van der Waals surface area contributed by atoms with Crippen molar-refractivity contribution in [1.82, 2.24) is 0 Å². The number of hydrogen-bond donors (Lipinski definition) is 3. The molecule has 0 aromatic carbocycles. The van der Waals surface area contributed by atoms with Crippen molar-refractivity contribution < 1.29 is 19.7 Å². The molecule has 0 aliphatic carbocycles. The molecule has 0 unspecified atom stereocenters. The van der Waals surface area contributed by atoms with Gasteiger partial charge in [0.05, 0.1) is 0 Å². The molecule has 0 aliphatic rings. The van der Waals surface area contributed by atoms with Crippen LogP contribution in [0.4, 0.5) is 0 Å². The van der Waals surface area contributed by atoms with Crippen molar-refractivity contribution in [2.24, 2.45) is 0 Å². The molecule has 0 heterocycles. The summed E-state index contributed by atoms with van der Waals surface area (Å²) in [7, 11) is -3.36. The van der Waals surface area contributed by atoms with Crippen LogP contribution in [0, 0.1) is 0 Å². The SMILES string of the molecule is CC(C)(C)OB(O)B(O)O. The lowest BCUT2D eigenvalue weighted by Crippen LogP contribution is -2.43. The topological polar surface area (TPSA) is 69.9 Å². The maximum absolute atomic E-state index is 8.74. The minimum absolute atomic E-state index is 0.566. The van der Waals surface area contributed by atoms with Crippen LogP contribution >= 0.6 is 0 Å². The molecule has 0 saturated heterocycles. The van der Waals surface area contributed by atoms with Crippen LogP contribution < -0.4 is 0 Å². The summed E-state index contributed by atoms with van der Waals surface area (Å²) in [6.07, 6.45) is 0. The molecule has 0 spiro atoms. The molecule has 0 bridgehead atoms. The first-order chi connectivity index (χ1) is 4.33. The second-order valence-corrected chi connectivity index (χ2v) is 3.03. The highest BCUT2D eigenvalue weighted by molar-refractivity contribution is 7.08. The Morgan fingerprint density at radius 1 is 1.10 bits per heavy atom. The molecule has 0 aliphatic heterocycles. The smallest absolute Gasteiger partial charge is 0.429 e. The lowest BCUT2D eigenvalue weighted by atomic mass is 9.49. The Morgan fingerprint density at radius 2 is 1.50 bits per heavy atom. The fourth-order valence-corrected chi connectivity index (χ4v) is 0.423. The first-order valence-electron chi connectivity index (χ1n) is 3.05. The lowest BCUT2D eigenvalue weighted by molar-refractivity contribution is 0.105. The summed E-state index contributed by atoms with van der Waals surface area (Å²) in [6, 6.07) is 0. The standard InChI is InChI=1S/C4H12B2O4/c1-4(2,3)10-6(9)5(7)8/h7-9H,1-3H3. The summed E-state index contributed by atoms with van der Waals surface area (Å²) in [5, 5.41) is 25.5. The lowest BCUT2D eigenvalue weighted by Gasteiger charge is -2.21. The van der Waals surface area contributed by atoms with Gasteiger partial charge in [0.2, 0.25) is 0 Å². The molecule has 0 aromatic heterocycles. The minimum atomic E-state index is -1.83. The molecule has 0 rings (SSSR count). The van der Waals surface area contributed by atoms with E-state index in [0.717, 1.165) is 0 Å². The van der Waals surface area contributed by atoms with E-state index in [9.17, 15) is 0 Å². The Kier molecular flexibility index (Phi) is 3.38. The summed E-state index contributed by atoms with van der Waals surface area (Å²) in [5.74, 6) is 0. The summed E-state index contributed by atoms with van der Waals surface area (Å²) in [4.78, 5) is 0. The third-order valence-corrected chi connectivity index (χ3v) is 0.729. The predicted molar refractivity (Wildman–Crippen MR) is 39.0 cm³/mol. The van der Waals surface area contributed by atoms with E-state index in [1.54, 1.807) is 20.8 Å². The minimum Gasteiger partial charge on any atom is -0.429 e. The van der Waals surface area contributed by atoms with Crippen LogP contribution in [-0.2, 0) is 4.65 Å². The quantitative estimate of drug-likeness (QED) is 0.429. The van der Waals surface area contributed by atoms with Crippen molar-refractivity contribution in [3.8, 4) is 0 Å². The van der Waals surface area contributed by atoms with Gasteiger partial charge in [0, 0.05) is 5.60 Å². The summed E-state index contributed by atoms with van der Waals surface area (Å²) >= 11 is 0. The summed E-state index contributed by atoms with van der Waals surface area (Å²) in [6.45, 7) is 5.12. The zero-order valence-corrected chi connectivity index (χ0v) is 6.40. The molecule has 58 valence electrons. The van der Waals surface area contributed by atoms with E-state index >= 15 is 0 Å². The fourth-order valence-electron chi connectivity index (χ4n) is 0.423. The normalized spacial score (nSPS) is 11.4. The van der Waals surface area contributed by atoms with Crippen LogP contribution in [-0.4, -0.2) is 34.7 Å². The molecular weight excluding hydrogens is 134 g/mol. The van der Waals surface area contributed by atoms with E-state index in [0.29, 0.717) is 0 Å². The summed E-state index contributed by atoms with van der Waals surface area (Å²) < 4.78 is 4.75. The van der Waals surface area contributed by atoms with Crippen LogP contribution in [0.3, 0.4) is 0 Å².